The second-order valence-electron chi connectivity index (χ2n) is 10.7. The highest BCUT2D eigenvalue weighted by atomic mass is 32.1. The van der Waals surface area contributed by atoms with Gasteiger partial charge >= 0.3 is 5.97 Å². The number of fused-ring (bicyclic) bond motifs is 6. The molecule has 1 aliphatic carbocycles. The molecule has 6 nitrogen and oxygen atoms in total. The number of carbonyl (C=O) groups is 1. The van der Waals surface area contributed by atoms with Crippen molar-refractivity contribution in [2.24, 2.45) is 0 Å². The molecule has 4 heterocycles. The van der Waals surface area contributed by atoms with Crippen LogP contribution in [0.25, 0.3) is 43.6 Å². The number of esters is 1. The van der Waals surface area contributed by atoms with Crippen molar-refractivity contribution in [2.45, 2.75) is 58.4 Å². The molecule has 0 unspecified atom stereocenters. The van der Waals surface area contributed by atoms with Gasteiger partial charge in [-0.05, 0) is 62.4 Å². The number of hydrogen-bond acceptors (Lipinski definition) is 6. The van der Waals surface area contributed by atoms with E-state index >= 15 is 0 Å². The number of pyridine rings is 1. The number of aryl methyl sites for hydroxylation is 2. The van der Waals surface area contributed by atoms with Crippen LogP contribution in [0.5, 0.6) is 5.75 Å². The van der Waals surface area contributed by atoms with Crippen LogP contribution in [0, 0.1) is 13.8 Å². The second kappa shape index (κ2) is 9.49. The summed E-state index contributed by atoms with van der Waals surface area (Å²) >= 11 is 1.68. The van der Waals surface area contributed by atoms with E-state index < -0.39 is 0 Å². The van der Waals surface area contributed by atoms with Gasteiger partial charge in [-0.3, -0.25) is 0 Å². The van der Waals surface area contributed by atoms with Crippen molar-refractivity contribution in [2.75, 3.05) is 13.7 Å². The molecule has 5 aromatic rings. The minimum atomic E-state index is -0.309. The molecule has 0 bridgehead atoms. The molecule has 1 fully saturated rings. The first kappa shape index (κ1) is 24.3. The summed E-state index contributed by atoms with van der Waals surface area (Å²) in [7, 11) is 1.44. The van der Waals surface area contributed by atoms with Crippen LogP contribution in [0.3, 0.4) is 0 Å². The SMILES string of the molecule is COC(=O)c1ccc2c(C3CCCCC3)c3n(c2c1)CCOc1cc2nc(-c4sc(C)nc4C)ccc2cc1-3. The number of carbonyl (C=O) groups excluding carboxylic acids is 1. The third kappa shape index (κ3) is 4.02. The van der Waals surface area contributed by atoms with E-state index in [0.29, 0.717) is 24.6 Å². The maximum Gasteiger partial charge on any atom is 0.337 e. The van der Waals surface area contributed by atoms with Crippen LogP contribution in [-0.2, 0) is 11.3 Å². The van der Waals surface area contributed by atoms with Crippen LogP contribution >= 0.6 is 11.3 Å². The highest BCUT2D eigenvalue weighted by Gasteiger charge is 2.30. The zero-order chi connectivity index (χ0) is 26.7. The Bertz CT molecular complexity index is 1760. The molecule has 0 N–H and O–H groups in total. The van der Waals surface area contributed by atoms with Crippen molar-refractivity contribution in [1.29, 1.82) is 0 Å². The summed E-state index contributed by atoms with van der Waals surface area (Å²) in [5.41, 5.74) is 8.28. The molecule has 2 aliphatic rings. The van der Waals surface area contributed by atoms with Gasteiger partial charge in [0.15, 0.2) is 0 Å². The van der Waals surface area contributed by atoms with Gasteiger partial charge in [0.2, 0.25) is 0 Å². The van der Waals surface area contributed by atoms with Crippen molar-refractivity contribution < 1.29 is 14.3 Å². The number of ether oxygens (including phenoxy) is 2. The Kier molecular flexibility index (Phi) is 5.92. The first-order valence-corrected chi connectivity index (χ1v) is 14.6. The second-order valence-corrected chi connectivity index (χ2v) is 11.9. The predicted octanol–water partition coefficient (Wildman–Crippen LogP) is 7.82. The Hall–Kier alpha value is -3.71. The number of thiazole rings is 1. The van der Waals surface area contributed by atoms with E-state index in [-0.39, 0.29) is 5.97 Å². The standard InChI is InChI=1S/C32H31N3O3S/c1-18-31(39-19(2)33-18)25-12-10-21-15-24-28(17-26(21)34-25)38-14-13-35-27-16-22(32(36)37-3)9-11-23(27)29(30(24)35)20-7-5-4-6-8-20/h9-12,15-17,20H,4-8,13-14H2,1-3H3. The molecule has 3 aromatic heterocycles. The number of rotatable bonds is 3. The third-order valence-electron chi connectivity index (χ3n) is 8.29. The summed E-state index contributed by atoms with van der Waals surface area (Å²) in [5, 5.41) is 3.37. The summed E-state index contributed by atoms with van der Waals surface area (Å²) in [6.07, 6.45) is 6.18. The Morgan fingerprint density at radius 2 is 1.90 bits per heavy atom. The van der Waals surface area contributed by atoms with Gasteiger partial charge in [-0.15, -0.1) is 11.3 Å². The molecule has 7 heteroatoms. The molecular formula is C32H31N3O3S. The van der Waals surface area contributed by atoms with Crippen LogP contribution in [0.1, 0.15) is 64.6 Å². The molecule has 0 saturated heterocycles. The van der Waals surface area contributed by atoms with E-state index in [9.17, 15) is 4.79 Å². The number of nitrogens with zero attached hydrogens (tertiary/aromatic N) is 3. The van der Waals surface area contributed by atoms with E-state index in [1.165, 1.54) is 55.9 Å². The molecule has 7 rings (SSSR count). The maximum absolute atomic E-state index is 12.4. The molecule has 2 aromatic carbocycles. The molecular weight excluding hydrogens is 506 g/mol. The van der Waals surface area contributed by atoms with Crippen molar-refractivity contribution in [3.8, 4) is 27.6 Å². The van der Waals surface area contributed by atoms with Crippen LogP contribution < -0.4 is 4.74 Å². The number of aromatic nitrogens is 3. The minimum absolute atomic E-state index is 0.309. The van der Waals surface area contributed by atoms with E-state index in [0.717, 1.165) is 49.0 Å². The molecule has 0 radical (unpaired) electrons. The van der Waals surface area contributed by atoms with E-state index in [1.54, 1.807) is 11.3 Å². The highest BCUT2D eigenvalue weighted by Crippen LogP contribution is 2.48. The molecule has 0 spiro atoms. The van der Waals surface area contributed by atoms with E-state index in [4.69, 9.17) is 14.5 Å². The lowest BCUT2D eigenvalue weighted by molar-refractivity contribution is 0.0601. The monoisotopic (exact) mass is 537 g/mol. The van der Waals surface area contributed by atoms with Gasteiger partial charge < -0.3 is 14.0 Å². The summed E-state index contributed by atoms with van der Waals surface area (Å²) in [6.45, 7) is 5.34. The Balaban J connectivity index is 1.46. The van der Waals surface area contributed by atoms with Gasteiger partial charge in [0.25, 0.3) is 0 Å². The zero-order valence-electron chi connectivity index (χ0n) is 22.5. The van der Waals surface area contributed by atoms with E-state index in [1.807, 2.05) is 26.0 Å². The number of benzene rings is 2. The van der Waals surface area contributed by atoms with Crippen LogP contribution in [-0.4, -0.2) is 34.2 Å². The van der Waals surface area contributed by atoms with Crippen molar-refractivity contribution in [3.63, 3.8) is 0 Å². The largest absolute Gasteiger partial charge is 0.491 e. The lowest BCUT2D eigenvalue weighted by Gasteiger charge is -2.23. The minimum Gasteiger partial charge on any atom is -0.491 e. The normalized spacial score (nSPS) is 15.6. The average molecular weight is 538 g/mol. The number of methoxy groups -OCH3 is 1. The molecule has 39 heavy (non-hydrogen) atoms. The predicted molar refractivity (Wildman–Crippen MR) is 156 cm³/mol. The molecule has 1 saturated carbocycles. The summed E-state index contributed by atoms with van der Waals surface area (Å²) in [4.78, 5) is 23.2. The van der Waals surface area contributed by atoms with Crippen molar-refractivity contribution in [3.05, 3.63) is 64.3 Å². The summed E-state index contributed by atoms with van der Waals surface area (Å²) in [5.74, 6) is 1.05. The van der Waals surface area contributed by atoms with Gasteiger partial charge in [0.1, 0.15) is 12.4 Å². The fourth-order valence-corrected chi connectivity index (χ4v) is 7.44. The van der Waals surface area contributed by atoms with E-state index in [2.05, 4.69) is 39.9 Å². The number of hydrogen-bond donors (Lipinski definition) is 0. The fourth-order valence-electron chi connectivity index (χ4n) is 6.55. The van der Waals surface area contributed by atoms with Gasteiger partial charge in [0, 0.05) is 27.9 Å². The Labute approximate surface area is 231 Å². The summed E-state index contributed by atoms with van der Waals surface area (Å²) < 4.78 is 13.8. The summed E-state index contributed by atoms with van der Waals surface area (Å²) in [6, 6.07) is 14.7. The molecule has 198 valence electrons. The van der Waals surface area contributed by atoms with Gasteiger partial charge in [-0.2, -0.15) is 0 Å². The van der Waals surface area contributed by atoms with Crippen molar-refractivity contribution in [1.82, 2.24) is 14.5 Å². The van der Waals surface area contributed by atoms with Crippen LogP contribution in [0.2, 0.25) is 0 Å². The lowest BCUT2D eigenvalue weighted by atomic mass is 9.81. The quantitative estimate of drug-likeness (QED) is 0.220. The fraction of sp³-hybridized carbons (Fsp3) is 0.344. The van der Waals surface area contributed by atoms with Crippen LogP contribution in [0.15, 0.2) is 42.5 Å². The van der Waals surface area contributed by atoms with Gasteiger partial charge in [0.05, 0.1) is 51.7 Å². The zero-order valence-corrected chi connectivity index (χ0v) is 23.4. The van der Waals surface area contributed by atoms with Crippen molar-refractivity contribution >= 4 is 39.1 Å². The third-order valence-corrected chi connectivity index (χ3v) is 9.39. The topological polar surface area (TPSA) is 66.2 Å². The first-order valence-electron chi connectivity index (χ1n) is 13.8. The Morgan fingerprint density at radius 1 is 1.05 bits per heavy atom. The average Bonchev–Trinajstić information content (AvgIpc) is 3.40. The Morgan fingerprint density at radius 3 is 2.67 bits per heavy atom. The molecule has 1 aliphatic heterocycles. The van der Waals surface area contributed by atoms with Crippen LogP contribution in [0.4, 0.5) is 0 Å². The molecule has 0 amide bonds. The first-order chi connectivity index (χ1) is 19.0. The maximum atomic E-state index is 12.4. The van der Waals surface area contributed by atoms with Gasteiger partial charge in [-0.1, -0.05) is 31.4 Å². The highest BCUT2D eigenvalue weighted by molar-refractivity contribution is 7.15. The van der Waals surface area contributed by atoms with Gasteiger partial charge in [-0.25, -0.2) is 14.8 Å². The smallest absolute Gasteiger partial charge is 0.337 e. The lowest BCUT2D eigenvalue weighted by Crippen LogP contribution is -2.07. The molecule has 0 atom stereocenters.